The van der Waals surface area contributed by atoms with E-state index in [0.717, 1.165) is 5.56 Å². The highest BCUT2D eigenvalue weighted by molar-refractivity contribution is 6.35. The summed E-state index contributed by atoms with van der Waals surface area (Å²) in [5, 5.41) is 20.4. The van der Waals surface area contributed by atoms with E-state index < -0.39 is 11.9 Å². The highest BCUT2D eigenvalue weighted by atomic mass is 35.5. The molecule has 5 heteroatoms. The lowest BCUT2D eigenvalue weighted by molar-refractivity contribution is -0.237. The molecular weight excluding hydrogens is 287 g/mol. The smallest absolute Gasteiger partial charge is 0.165 e. The van der Waals surface area contributed by atoms with Crippen molar-refractivity contribution in [1.29, 1.82) is 0 Å². The van der Waals surface area contributed by atoms with E-state index >= 15 is 0 Å². The van der Waals surface area contributed by atoms with E-state index in [1.807, 2.05) is 13.8 Å². The molecule has 0 radical (unpaired) electrons. The summed E-state index contributed by atoms with van der Waals surface area (Å²) < 4.78 is 5.75. The summed E-state index contributed by atoms with van der Waals surface area (Å²) in [5.41, 5.74) is 0.723. The van der Waals surface area contributed by atoms with Crippen LogP contribution in [-0.2, 0) is 4.74 Å². The third kappa shape index (κ3) is 4.62. The van der Waals surface area contributed by atoms with Crippen molar-refractivity contribution in [2.75, 3.05) is 6.61 Å². The average molecular weight is 307 g/mol. The number of rotatable bonds is 7. The summed E-state index contributed by atoms with van der Waals surface area (Å²) >= 11 is 12.0. The molecular formula is C14H20Cl2O3. The van der Waals surface area contributed by atoms with Crippen LogP contribution in [0.4, 0.5) is 0 Å². The van der Waals surface area contributed by atoms with Gasteiger partial charge in [-0.15, -0.1) is 0 Å². The van der Waals surface area contributed by atoms with Crippen LogP contribution in [0, 0.1) is 0 Å². The van der Waals surface area contributed by atoms with E-state index in [1.54, 1.807) is 18.2 Å². The maximum atomic E-state index is 10.3. The van der Waals surface area contributed by atoms with Gasteiger partial charge in [-0.25, -0.2) is 0 Å². The molecule has 3 nitrogen and oxygen atoms in total. The van der Waals surface area contributed by atoms with Gasteiger partial charge in [0, 0.05) is 23.1 Å². The molecule has 0 aliphatic rings. The van der Waals surface area contributed by atoms with Crippen LogP contribution in [0.25, 0.3) is 0 Å². The number of benzene rings is 1. The fourth-order valence-electron chi connectivity index (χ4n) is 1.84. The van der Waals surface area contributed by atoms with Gasteiger partial charge < -0.3 is 14.9 Å². The molecule has 0 aliphatic heterocycles. The molecule has 0 bridgehead atoms. The minimum Gasteiger partial charge on any atom is -0.396 e. The first-order valence-electron chi connectivity index (χ1n) is 6.41. The maximum Gasteiger partial charge on any atom is 0.165 e. The van der Waals surface area contributed by atoms with Crippen LogP contribution in [0.2, 0.25) is 10.0 Å². The standard InChI is InChI=1S/C14H20Cl2O3/c1-3-14(18,4-2)19-13(7-8-17)11-6-5-10(15)9-12(11)16/h5-6,9,13,17-18H,3-4,7-8H2,1-2H3/t13-/m1/s1. The molecule has 2 N–H and O–H groups in total. The van der Waals surface area contributed by atoms with Crippen LogP contribution >= 0.6 is 23.2 Å². The Morgan fingerprint density at radius 3 is 2.37 bits per heavy atom. The summed E-state index contributed by atoms with van der Waals surface area (Å²) in [5.74, 6) is -1.21. The number of aliphatic hydroxyl groups is 2. The molecule has 1 aromatic rings. The minimum atomic E-state index is -1.21. The minimum absolute atomic E-state index is 0.0485. The van der Waals surface area contributed by atoms with Gasteiger partial charge in [-0.2, -0.15) is 0 Å². The molecule has 0 aliphatic carbocycles. The number of hydrogen-bond acceptors (Lipinski definition) is 3. The zero-order valence-corrected chi connectivity index (χ0v) is 12.7. The van der Waals surface area contributed by atoms with Crippen molar-refractivity contribution in [2.24, 2.45) is 0 Å². The Morgan fingerprint density at radius 2 is 1.89 bits per heavy atom. The first-order valence-corrected chi connectivity index (χ1v) is 7.17. The number of halogens is 2. The van der Waals surface area contributed by atoms with Crippen LogP contribution in [0.15, 0.2) is 18.2 Å². The van der Waals surface area contributed by atoms with Crippen LogP contribution in [0.1, 0.15) is 44.8 Å². The van der Waals surface area contributed by atoms with Crippen molar-refractivity contribution < 1.29 is 14.9 Å². The first kappa shape index (κ1) is 16.7. The van der Waals surface area contributed by atoms with Gasteiger partial charge in [0.1, 0.15) is 0 Å². The van der Waals surface area contributed by atoms with Crippen molar-refractivity contribution in [3.05, 3.63) is 33.8 Å². The van der Waals surface area contributed by atoms with E-state index in [2.05, 4.69) is 0 Å². The van der Waals surface area contributed by atoms with E-state index in [9.17, 15) is 5.11 Å². The first-order chi connectivity index (χ1) is 8.95. The monoisotopic (exact) mass is 306 g/mol. The van der Waals surface area contributed by atoms with Crippen molar-refractivity contribution in [3.63, 3.8) is 0 Å². The molecule has 1 atom stereocenters. The quantitative estimate of drug-likeness (QED) is 0.750. The van der Waals surface area contributed by atoms with Crippen molar-refractivity contribution >= 4 is 23.2 Å². The Labute approximate surface area is 124 Å². The average Bonchev–Trinajstić information content (AvgIpc) is 2.38. The second kappa shape index (κ2) is 7.46. The third-order valence-corrected chi connectivity index (χ3v) is 3.73. The Bertz CT molecular complexity index is 406. The zero-order valence-electron chi connectivity index (χ0n) is 11.2. The van der Waals surface area contributed by atoms with Crippen LogP contribution in [0.3, 0.4) is 0 Å². The molecule has 1 rings (SSSR count). The number of ether oxygens (including phenoxy) is 1. The van der Waals surface area contributed by atoms with Crippen LogP contribution in [-0.4, -0.2) is 22.6 Å². The maximum absolute atomic E-state index is 10.3. The molecule has 0 amide bonds. The summed E-state index contributed by atoms with van der Waals surface area (Å²) in [6.45, 7) is 3.65. The lowest BCUT2D eigenvalue weighted by atomic mass is 10.0. The molecule has 0 spiro atoms. The molecule has 0 aromatic heterocycles. The summed E-state index contributed by atoms with van der Waals surface area (Å²) in [6.07, 6.45) is 0.844. The van der Waals surface area contributed by atoms with E-state index in [-0.39, 0.29) is 6.61 Å². The number of aliphatic hydroxyl groups excluding tert-OH is 1. The molecule has 1 aromatic carbocycles. The van der Waals surface area contributed by atoms with E-state index in [4.69, 9.17) is 33.0 Å². The van der Waals surface area contributed by atoms with Crippen molar-refractivity contribution in [3.8, 4) is 0 Å². The van der Waals surface area contributed by atoms with Crippen LogP contribution in [0.5, 0.6) is 0 Å². The Balaban J connectivity index is 2.99. The molecule has 19 heavy (non-hydrogen) atoms. The normalized spacial score (nSPS) is 13.6. The van der Waals surface area contributed by atoms with Crippen molar-refractivity contribution in [2.45, 2.75) is 45.0 Å². The molecule has 108 valence electrons. The lowest BCUT2D eigenvalue weighted by Crippen LogP contribution is -2.32. The van der Waals surface area contributed by atoms with Crippen LogP contribution < -0.4 is 0 Å². The second-order valence-corrected chi connectivity index (χ2v) is 5.28. The SMILES string of the molecule is CCC(O)(CC)O[C@H](CCO)c1ccc(Cl)cc1Cl. The van der Waals surface area contributed by atoms with Crippen molar-refractivity contribution in [1.82, 2.24) is 0 Å². The van der Waals surface area contributed by atoms with E-state index in [1.165, 1.54) is 0 Å². The highest BCUT2D eigenvalue weighted by Gasteiger charge is 2.29. The molecule has 0 saturated carbocycles. The Morgan fingerprint density at radius 1 is 1.26 bits per heavy atom. The summed E-state index contributed by atoms with van der Waals surface area (Å²) in [7, 11) is 0. The van der Waals surface area contributed by atoms with Gasteiger partial charge in [-0.1, -0.05) is 43.1 Å². The lowest BCUT2D eigenvalue weighted by Gasteiger charge is -2.31. The molecule has 0 fully saturated rings. The number of hydrogen-bond donors (Lipinski definition) is 2. The highest BCUT2D eigenvalue weighted by Crippen LogP contribution is 2.34. The van der Waals surface area contributed by atoms with Gasteiger partial charge in [-0.3, -0.25) is 0 Å². The summed E-state index contributed by atoms with van der Waals surface area (Å²) in [4.78, 5) is 0. The predicted molar refractivity (Wildman–Crippen MR) is 77.5 cm³/mol. The van der Waals surface area contributed by atoms with Gasteiger partial charge in [0.25, 0.3) is 0 Å². The van der Waals surface area contributed by atoms with E-state index in [0.29, 0.717) is 29.3 Å². The van der Waals surface area contributed by atoms with Gasteiger partial charge in [-0.05, 0) is 30.5 Å². The molecule has 0 saturated heterocycles. The molecule has 0 heterocycles. The largest absolute Gasteiger partial charge is 0.396 e. The Kier molecular flexibility index (Phi) is 6.57. The van der Waals surface area contributed by atoms with Gasteiger partial charge in [0.2, 0.25) is 0 Å². The predicted octanol–water partition coefficient (Wildman–Crippen LogP) is 3.94. The summed E-state index contributed by atoms with van der Waals surface area (Å²) in [6, 6.07) is 5.10. The fraction of sp³-hybridized carbons (Fsp3) is 0.571. The molecule has 0 unspecified atom stereocenters. The second-order valence-electron chi connectivity index (χ2n) is 4.44. The topological polar surface area (TPSA) is 49.7 Å². The Hall–Kier alpha value is -0.320. The van der Waals surface area contributed by atoms with Gasteiger partial charge in [0.15, 0.2) is 5.79 Å². The third-order valence-electron chi connectivity index (χ3n) is 3.17. The fourth-order valence-corrected chi connectivity index (χ4v) is 2.37. The zero-order chi connectivity index (χ0) is 14.5. The van der Waals surface area contributed by atoms with Gasteiger partial charge >= 0.3 is 0 Å². The van der Waals surface area contributed by atoms with Gasteiger partial charge in [0.05, 0.1) is 6.10 Å².